The molecule has 0 saturated heterocycles. The van der Waals surface area contributed by atoms with Crippen LogP contribution in [0.15, 0.2) is 78.9 Å². The van der Waals surface area contributed by atoms with Gasteiger partial charge in [-0.15, -0.1) is 0 Å². The molecule has 0 aliphatic heterocycles. The van der Waals surface area contributed by atoms with Crippen molar-refractivity contribution < 1.29 is 14.3 Å². The fraction of sp³-hybridized carbons (Fsp3) is 0.310. The van der Waals surface area contributed by atoms with Gasteiger partial charge in [-0.05, 0) is 43.5 Å². The summed E-state index contributed by atoms with van der Waals surface area (Å²) in [5, 5.41) is 2.75. The van der Waals surface area contributed by atoms with Crippen LogP contribution in [0.4, 0.5) is 0 Å². The van der Waals surface area contributed by atoms with Crippen LogP contribution in [0.1, 0.15) is 35.1 Å². The molecule has 0 saturated carbocycles. The second-order valence-corrected chi connectivity index (χ2v) is 8.60. The molecular formula is C29H34N2O3. The molecule has 0 spiro atoms. The van der Waals surface area contributed by atoms with E-state index in [2.05, 4.69) is 11.4 Å². The zero-order valence-corrected chi connectivity index (χ0v) is 20.3. The van der Waals surface area contributed by atoms with Crippen molar-refractivity contribution in [3.05, 3.63) is 101 Å². The lowest BCUT2D eigenvalue weighted by atomic mass is 10.0. The van der Waals surface area contributed by atoms with Gasteiger partial charge in [0, 0.05) is 26.4 Å². The van der Waals surface area contributed by atoms with Crippen molar-refractivity contribution in [1.29, 1.82) is 0 Å². The van der Waals surface area contributed by atoms with E-state index in [0.29, 0.717) is 32.4 Å². The van der Waals surface area contributed by atoms with Crippen LogP contribution in [-0.4, -0.2) is 36.4 Å². The average molecular weight is 459 g/mol. The molecule has 0 radical (unpaired) electrons. The minimum atomic E-state index is -0.599. The third-order valence-electron chi connectivity index (χ3n) is 5.78. The molecule has 1 N–H and O–H groups in total. The molecule has 0 fully saturated rings. The van der Waals surface area contributed by atoms with Gasteiger partial charge in [0.1, 0.15) is 11.8 Å². The monoisotopic (exact) mass is 458 g/mol. The fourth-order valence-corrected chi connectivity index (χ4v) is 3.92. The largest absolute Gasteiger partial charge is 0.494 e. The second kappa shape index (κ2) is 12.6. The highest BCUT2D eigenvalue weighted by molar-refractivity contribution is 5.87. The van der Waals surface area contributed by atoms with Crippen molar-refractivity contribution in [2.75, 3.05) is 13.7 Å². The summed E-state index contributed by atoms with van der Waals surface area (Å²) in [6.07, 6.45) is 1.33. The van der Waals surface area contributed by atoms with E-state index < -0.39 is 6.04 Å². The molecule has 5 nitrogen and oxygen atoms in total. The van der Waals surface area contributed by atoms with Crippen LogP contribution >= 0.6 is 0 Å². The zero-order valence-electron chi connectivity index (χ0n) is 20.3. The Kier molecular flexibility index (Phi) is 9.27. The Balaban J connectivity index is 1.74. The van der Waals surface area contributed by atoms with E-state index in [1.807, 2.05) is 86.6 Å². The molecule has 5 heteroatoms. The quantitative estimate of drug-likeness (QED) is 0.418. The van der Waals surface area contributed by atoms with Crippen molar-refractivity contribution in [3.63, 3.8) is 0 Å². The van der Waals surface area contributed by atoms with Gasteiger partial charge in [-0.1, -0.05) is 77.9 Å². The molecule has 3 aromatic rings. The average Bonchev–Trinajstić information content (AvgIpc) is 2.85. The van der Waals surface area contributed by atoms with Crippen LogP contribution in [-0.2, 0) is 22.6 Å². The van der Waals surface area contributed by atoms with Gasteiger partial charge >= 0.3 is 0 Å². The summed E-state index contributed by atoms with van der Waals surface area (Å²) in [6, 6.07) is 25.2. The van der Waals surface area contributed by atoms with Gasteiger partial charge in [0.2, 0.25) is 11.8 Å². The lowest BCUT2D eigenvalue weighted by molar-refractivity contribution is -0.141. The maximum absolute atomic E-state index is 13.4. The number of rotatable bonds is 11. The van der Waals surface area contributed by atoms with E-state index in [1.54, 1.807) is 11.9 Å². The minimum absolute atomic E-state index is 0.0569. The first kappa shape index (κ1) is 25.0. The Morgan fingerprint density at radius 1 is 0.882 bits per heavy atom. The minimum Gasteiger partial charge on any atom is -0.494 e. The van der Waals surface area contributed by atoms with E-state index in [1.165, 1.54) is 5.56 Å². The Labute approximate surface area is 202 Å². The normalized spacial score (nSPS) is 11.5. The number of carbonyl (C=O) groups is 2. The predicted molar refractivity (Wildman–Crippen MR) is 136 cm³/mol. The topological polar surface area (TPSA) is 58.6 Å². The maximum atomic E-state index is 13.4. The SMILES string of the molecule is CNC(=O)[C@@H](Cc1ccccc1)N(Cc1cccc(C)c1)C(=O)CCCOc1ccc(C)cc1. The number of carbonyl (C=O) groups excluding carboxylic acids is 2. The number of hydrogen-bond acceptors (Lipinski definition) is 3. The molecule has 0 bridgehead atoms. The maximum Gasteiger partial charge on any atom is 0.242 e. The Hall–Kier alpha value is -3.60. The van der Waals surface area contributed by atoms with Gasteiger partial charge in [-0.25, -0.2) is 0 Å². The third kappa shape index (κ3) is 7.48. The molecule has 2 amide bonds. The molecule has 34 heavy (non-hydrogen) atoms. The summed E-state index contributed by atoms with van der Waals surface area (Å²) in [5.74, 6) is 0.571. The predicted octanol–water partition coefficient (Wildman–Crippen LogP) is 4.85. The van der Waals surface area contributed by atoms with Crippen molar-refractivity contribution in [1.82, 2.24) is 10.2 Å². The van der Waals surface area contributed by atoms with Crippen LogP contribution in [0.25, 0.3) is 0 Å². The number of hydrogen-bond donors (Lipinski definition) is 1. The van der Waals surface area contributed by atoms with Gasteiger partial charge in [0.05, 0.1) is 6.61 Å². The van der Waals surface area contributed by atoms with E-state index in [0.717, 1.165) is 22.4 Å². The smallest absolute Gasteiger partial charge is 0.242 e. The van der Waals surface area contributed by atoms with Gasteiger partial charge < -0.3 is 15.0 Å². The Bertz CT molecular complexity index is 1060. The molecule has 178 valence electrons. The Morgan fingerprint density at radius 2 is 1.59 bits per heavy atom. The van der Waals surface area contributed by atoms with Crippen LogP contribution in [0, 0.1) is 13.8 Å². The molecule has 1 atom stereocenters. The number of benzene rings is 3. The molecule has 3 aromatic carbocycles. The first-order chi connectivity index (χ1) is 16.5. The molecule has 0 aliphatic rings. The number of ether oxygens (including phenoxy) is 1. The first-order valence-electron chi connectivity index (χ1n) is 11.8. The summed E-state index contributed by atoms with van der Waals surface area (Å²) < 4.78 is 5.80. The van der Waals surface area contributed by atoms with Crippen molar-refractivity contribution in [2.45, 2.75) is 45.7 Å². The van der Waals surface area contributed by atoms with Crippen molar-refractivity contribution >= 4 is 11.8 Å². The highest BCUT2D eigenvalue weighted by Gasteiger charge is 2.29. The van der Waals surface area contributed by atoms with Crippen LogP contribution < -0.4 is 10.1 Å². The van der Waals surface area contributed by atoms with E-state index in [-0.39, 0.29) is 11.8 Å². The van der Waals surface area contributed by atoms with Crippen molar-refractivity contribution in [3.8, 4) is 5.75 Å². The standard InChI is InChI=1S/C29H34N2O3/c1-22-14-16-26(17-15-22)34-18-8-13-28(32)31(21-25-12-7-9-23(2)19-25)27(29(33)30-3)20-24-10-5-4-6-11-24/h4-7,9-12,14-17,19,27H,8,13,18,20-21H2,1-3H3,(H,30,33)/t27-/m1/s1. The van der Waals surface area contributed by atoms with Crippen LogP contribution in [0.3, 0.4) is 0 Å². The molecule has 0 heterocycles. The van der Waals surface area contributed by atoms with Gasteiger partial charge in [-0.2, -0.15) is 0 Å². The number of amides is 2. The van der Waals surface area contributed by atoms with E-state index in [4.69, 9.17) is 4.74 Å². The second-order valence-electron chi connectivity index (χ2n) is 8.60. The molecule has 3 rings (SSSR count). The zero-order chi connectivity index (χ0) is 24.3. The highest BCUT2D eigenvalue weighted by atomic mass is 16.5. The van der Waals surface area contributed by atoms with Gasteiger partial charge in [0.25, 0.3) is 0 Å². The van der Waals surface area contributed by atoms with E-state index >= 15 is 0 Å². The first-order valence-corrected chi connectivity index (χ1v) is 11.8. The number of likely N-dealkylation sites (N-methyl/N-ethyl adjacent to an activating group) is 1. The number of aryl methyl sites for hydroxylation is 2. The summed E-state index contributed by atoms with van der Waals surface area (Å²) in [4.78, 5) is 28.1. The van der Waals surface area contributed by atoms with Crippen LogP contribution in [0.5, 0.6) is 5.75 Å². The summed E-state index contributed by atoms with van der Waals surface area (Å²) in [5.41, 5.74) is 4.32. The van der Waals surface area contributed by atoms with Gasteiger partial charge in [0.15, 0.2) is 0 Å². The third-order valence-corrected chi connectivity index (χ3v) is 5.78. The summed E-state index contributed by atoms with van der Waals surface area (Å²) in [6.45, 7) is 4.88. The number of nitrogens with zero attached hydrogens (tertiary/aromatic N) is 1. The number of nitrogens with one attached hydrogen (secondary N) is 1. The lowest BCUT2D eigenvalue weighted by Gasteiger charge is -2.31. The molecule has 0 aromatic heterocycles. The van der Waals surface area contributed by atoms with Gasteiger partial charge in [-0.3, -0.25) is 9.59 Å². The summed E-state index contributed by atoms with van der Waals surface area (Å²) >= 11 is 0. The van der Waals surface area contributed by atoms with Crippen LogP contribution in [0.2, 0.25) is 0 Å². The molecular weight excluding hydrogens is 424 g/mol. The molecule has 0 unspecified atom stereocenters. The Morgan fingerprint density at radius 3 is 2.26 bits per heavy atom. The summed E-state index contributed by atoms with van der Waals surface area (Å²) in [7, 11) is 1.62. The molecule has 0 aliphatic carbocycles. The van der Waals surface area contributed by atoms with Crippen molar-refractivity contribution in [2.24, 2.45) is 0 Å². The lowest BCUT2D eigenvalue weighted by Crippen LogP contribution is -2.49. The highest BCUT2D eigenvalue weighted by Crippen LogP contribution is 2.18. The van der Waals surface area contributed by atoms with E-state index in [9.17, 15) is 9.59 Å². The fourth-order valence-electron chi connectivity index (χ4n) is 3.92.